The van der Waals surface area contributed by atoms with Gasteiger partial charge in [-0.05, 0) is 50.0 Å². The van der Waals surface area contributed by atoms with Gasteiger partial charge in [0.1, 0.15) is 0 Å². The third-order valence-electron chi connectivity index (χ3n) is 6.57. The second-order valence-corrected chi connectivity index (χ2v) is 8.08. The van der Waals surface area contributed by atoms with E-state index in [2.05, 4.69) is 18.7 Å². The molecule has 21 heavy (non-hydrogen) atoms. The van der Waals surface area contributed by atoms with E-state index in [1.54, 1.807) is 0 Å². The van der Waals surface area contributed by atoms with Crippen LogP contribution in [0.1, 0.15) is 58.8 Å². The van der Waals surface area contributed by atoms with Crippen LogP contribution < -0.4 is 5.73 Å². The maximum absolute atomic E-state index is 6.30. The van der Waals surface area contributed by atoms with Crippen molar-refractivity contribution >= 4 is 0 Å². The van der Waals surface area contributed by atoms with E-state index in [0.29, 0.717) is 12.0 Å². The lowest BCUT2D eigenvalue weighted by Crippen LogP contribution is -2.62. The van der Waals surface area contributed by atoms with Gasteiger partial charge >= 0.3 is 0 Å². The van der Waals surface area contributed by atoms with Crippen molar-refractivity contribution in [3.05, 3.63) is 0 Å². The van der Waals surface area contributed by atoms with Gasteiger partial charge in [0.05, 0.1) is 6.10 Å². The Morgan fingerprint density at radius 2 is 1.95 bits per heavy atom. The number of nitrogens with two attached hydrogens (primary N) is 1. The first-order valence-corrected chi connectivity index (χ1v) is 9.21. The average Bonchev–Trinajstić information content (AvgIpc) is 2.54. The van der Waals surface area contributed by atoms with Crippen molar-refractivity contribution in [2.45, 2.75) is 70.4 Å². The van der Waals surface area contributed by atoms with Crippen LogP contribution >= 0.6 is 0 Å². The van der Waals surface area contributed by atoms with Gasteiger partial charge in [-0.1, -0.05) is 33.1 Å². The lowest BCUT2D eigenvalue weighted by atomic mass is 9.72. The van der Waals surface area contributed by atoms with E-state index < -0.39 is 0 Å². The average molecular weight is 294 g/mol. The highest BCUT2D eigenvalue weighted by molar-refractivity contribution is 5.00. The fourth-order valence-corrected chi connectivity index (χ4v) is 5.00. The van der Waals surface area contributed by atoms with Gasteiger partial charge in [0.2, 0.25) is 0 Å². The number of likely N-dealkylation sites (tertiary alicyclic amines) is 1. The molecule has 1 aliphatic carbocycles. The molecule has 4 unspecified atom stereocenters. The lowest BCUT2D eigenvalue weighted by molar-refractivity contribution is -0.103. The molecule has 2 N–H and O–H groups in total. The fraction of sp³-hybridized carbons (Fsp3) is 1.00. The number of piperidine rings is 1. The molecule has 1 saturated carbocycles. The number of ether oxygens (including phenoxy) is 1. The highest BCUT2D eigenvalue weighted by Gasteiger charge is 2.44. The third kappa shape index (κ3) is 3.16. The molecular formula is C18H34N2O. The fourth-order valence-electron chi connectivity index (χ4n) is 5.00. The normalized spacial score (nSPS) is 42.0. The van der Waals surface area contributed by atoms with Crippen molar-refractivity contribution in [3.8, 4) is 0 Å². The first-order chi connectivity index (χ1) is 10.1. The summed E-state index contributed by atoms with van der Waals surface area (Å²) in [5.74, 6) is 2.55. The zero-order valence-electron chi connectivity index (χ0n) is 14.0. The molecule has 3 nitrogen and oxygen atoms in total. The molecule has 2 aliphatic heterocycles. The van der Waals surface area contributed by atoms with Crippen LogP contribution in [0.25, 0.3) is 0 Å². The molecule has 4 atom stereocenters. The highest BCUT2D eigenvalue weighted by Crippen LogP contribution is 2.41. The second-order valence-electron chi connectivity index (χ2n) is 8.08. The van der Waals surface area contributed by atoms with Gasteiger partial charge in [0, 0.05) is 25.2 Å². The van der Waals surface area contributed by atoms with E-state index in [-0.39, 0.29) is 5.54 Å². The molecule has 0 aromatic carbocycles. The summed E-state index contributed by atoms with van der Waals surface area (Å²) in [6.45, 7) is 8.83. The Bertz CT molecular complexity index is 346. The molecule has 0 spiro atoms. The van der Waals surface area contributed by atoms with Gasteiger partial charge in [0.15, 0.2) is 0 Å². The molecule has 3 heteroatoms. The summed E-state index contributed by atoms with van der Waals surface area (Å²) >= 11 is 0. The quantitative estimate of drug-likeness (QED) is 0.869. The standard InChI is InChI=1S/C18H34N2O/c1-14(2)17-11-18(13-19,8-10-21-17)20-9-7-15-5-3-4-6-16(15)12-20/h14-17H,3-13,19H2,1-2H3. The van der Waals surface area contributed by atoms with E-state index in [1.165, 1.54) is 45.2 Å². The summed E-state index contributed by atoms with van der Waals surface area (Å²) < 4.78 is 6.01. The smallest absolute Gasteiger partial charge is 0.0616 e. The van der Waals surface area contributed by atoms with Gasteiger partial charge in [-0.15, -0.1) is 0 Å². The maximum Gasteiger partial charge on any atom is 0.0616 e. The van der Waals surface area contributed by atoms with Crippen LogP contribution in [0.2, 0.25) is 0 Å². The molecule has 0 aromatic rings. The van der Waals surface area contributed by atoms with E-state index in [1.807, 2.05) is 0 Å². The molecule has 0 aromatic heterocycles. The molecule has 0 amide bonds. The second kappa shape index (κ2) is 6.55. The van der Waals surface area contributed by atoms with Crippen LogP contribution in [-0.2, 0) is 4.74 Å². The van der Waals surface area contributed by atoms with Gasteiger partial charge in [-0.25, -0.2) is 0 Å². The first-order valence-electron chi connectivity index (χ1n) is 9.21. The predicted octanol–water partition coefficient (Wildman–Crippen LogP) is 3.03. The number of nitrogens with zero attached hydrogens (tertiary/aromatic N) is 1. The van der Waals surface area contributed by atoms with Crippen molar-refractivity contribution in [1.29, 1.82) is 0 Å². The van der Waals surface area contributed by atoms with Crippen molar-refractivity contribution in [1.82, 2.24) is 4.90 Å². The minimum absolute atomic E-state index is 0.218. The number of hydrogen-bond donors (Lipinski definition) is 1. The maximum atomic E-state index is 6.30. The minimum atomic E-state index is 0.218. The van der Waals surface area contributed by atoms with Crippen LogP contribution in [0.15, 0.2) is 0 Å². The zero-order chi connectivity index (χ0) is 14.9. The van der Waals surface area contributed by atoms with Gasteiger partial charge in [-0.3, -0.25) is 4.90 Å². The molecule has 3 rings (SSSR count). The van der Waals surface area contributed by atoms with Crippen LogP contribution in [0.4, 0.5) is 0 Å². The van der Waals surface area contributed by atoms with E-state index in [9.17, 15) is 0 Å². The van der Waals surface area contributed by atoms with Gasteiger partial charge in [0.25, 0.3) is 0 Å². The Labute approximate surface area is 130 Å². The van der Waals surface area contributed by atoms with E-state index in [4.69, 9.17) is 10.5 Å². The van der Waals surface area contributed by atoms with Crippen molar-refractivity contribution in [3.63, 3.8) is 0 Å². The largest absolute Gasteiger partial charge is 0.378 e. The van der Waals surface area contributed by atoms with Crippen molar-refractivity contribution < 1.29 is 4.74 Å². The summed E-state index contributed by atoms with van der Waals surface area (Å²) in [7, 11) is 0. The molecular weight excluding hydrogens is 260 g/mol. The molecule has 2 saturated heterocycles. The number of rotatable bonds is 3. The molecule has 0 radical (unpaired) electrons. The van der Waals surface area contributed by atoms with Gasteiger partial charge < -0.3 is 10.5 Å². The van der Waals surface area contributed by atoms with Gasteiger partial charge in [-0.2, -0.15) is 0 Å². The molecule has 0 bridgehead atoms. The molecule has 3 fully saturated rings. The van der Waals surface area contributed by atoms with Crippen molar-refractivity contribution in [2.24, 2.45) is 23.5 Å². The van der Waals surface area contributed by atoms with E-state index >= 15 is 0 Å². The summed E-state index contributed by atoms with van der Waals surface area (Å²) in [6.07, 6.45) is 9.90. The lowest BCUT2D eigenvalue weighted by Gasteiger charge is -2.53. The highest BCUT2D eigenvalue weighted by atomic mass is 16.5. The van der Waals surface area contributed by atoms with Crippen molar-refractivity contribution in [2.75, 3.05) is 26.2 Å². The predicted molar refractivity (Wildman–Crippen MR) is 87.2 cm³/mol. The SMILES string of the molecule is CC(C)C1CC(CN)(N2CCC3CCCCC3C2)CCO1. The molecule has 2 heterocycles. The summed E-state index contributed by atoms with van der Waals surface area (Å²) in [5.41, 5.74) is 6.52. The topological polar surface area (TPSA) is 38.5 Å². The Hall–Kier alpha value is -0.120. The van der Waals surface area contributed by atoms with E-state index in [0.717, 1.165) is 37.8 Å². The Morgan fingerprint density at radius 3 is 2.67 bits per heavy atom. The molecule has 3 aliphatic rings. The van der Waals surface area contributed by atoms with Crippen LogP contribution in [-0.4, -0.2) is 42.8 Å². The first kappa shape index (κ1) is 15.8. The zero-order valence-corrected chi connectivity index (χ0v) is 14.0. The molecule has 122 valence electrons. The van der Waals surface area contributed by atoms with Crippen LogP contribution in [0.3, 0.4) is 0 Å². The number of fused-ring (bicyclic) bond motifs is 1. The summed E-state index contributed by atoms with van der Waals surface area (Å²) in [6, 6.07) is 0. The van der Waals surface area contributed by atoms with Crippen LogP contribution in [0.5, 0.6) is 0 Å². The minimum Gasteiger partial charge on any atom is -0.378 e. The Morgan fingerprint density at radius 1 is 1.19 bits per heavy atom. The Balaban J connectivity index is 1.70. The van der Waals surface area contributed by atoms with Crippen LogP contribution in [0, 0.1) is 17.8 Å². The number of hydrogen-bond acceptors (Lipinski definition) is 3. The Kier molecular flexibility index (Phi) is 4.92. The summed E-state index contributed by atoms with van der Waals surface area (Å²) in [4.78, 5) is 2.78. The summed E-state index contributed by atoms with van der Waals surface area (Å²) in [5, 5.41) is 0. The third-order valence-corrected chi connectivity index (χ3v) is 6.57. The monoisotopic (exact) mass is 294 g/mol.